The van der Waals surface area contributed by atoms with E-state index in [2.05, 4.69) is 27.1 Å². The van der Waals surface area contributed by atoms with E-state index < -0.39 is 0 Å². The zero-order chi connectivity index (χ0) is 13.7. The van der Waals surface area contributed by atoms with Crippen molar-refractivity contribution in [1.29, 1.82) is 0 Å². The minimum atomic E-state index is 0.457. The summed E-state index contributed by atoms with van der Waals surface area (Å²) in [5.41, 5.74) is 6.49. The molecule has 1 aromatic heterocycles. The summed E-state index contributed by atoms with van der Waals surface area (Å²) in [6.07, 6.45) is 3.98. The lowest BCUT2D eigenvalue weighted by atomic mass is 10.2. The van der Waals surface area contributed by atoms with Gasteiger partial charge in [0.2, 0.25) is 5.88 Å². The quantitative estimate of drug-likeness (QED) is 0.808. The molecule has 0 saturated carbocycles. The van der Waals surface area contributed by atoms with Crippen LogP contribution in [-0.2, 0) is 0 Å². The molecule has 6 nitrogen and oxygen atoms in total. The normalized spacial score (nSPS) is 19.6. The van der Waals surface area contributed by atoms with E-state index in [-0.39, 0.29) is 0 Å². The van der Waals surface area contributed by atoms with Crippen molar-refractivity contribution in [3.63, 3.8) is 0 Å². The second-order valence-electron chi connectivity index (χ2n) is 4.68. The third-order valence-electron chi connectivity index (χ3n) is 3.54. The summed E-state index contributed by atoms with van der Waals surface area (Å²) in [6, 6.07) is 0.565. The molecular weight excluding hydrogens is 242 g/mol. The van der Waals surface area contributed by atoms with Gasteiger partial charge in [-0.25, -0.2) is 4.98 Å². The number of nitrogens with zero attached hydrogens (tertiary/aromatic N) is 3. The number of rotatable bonds is 6. The topological polar surface area (TPSA) is 76.3 Å². The minimum absolute atomic E-state index is 0.457. The van der Waals surface area contributed by atoms with Gasteiger partial charge in [-0.1, -0.05) is 6.92 Å². The van der Waals surface area contributed by atoms with Crippen molar-refractivity contribution in [2.75, 3.05) is 37.3 Å². The second-order valence-corrected chi connectivity index (χ2v) is 4.68. The number of nitrogens with two attached hydrogens (primary N) is 1. The molecule has 0 aromatic carbocycles. The average Bonchev–Trinajstić information content (AvgIpc) is 2.87. The maximum Gasteiger partial charge on any atom is 0.242 e. The van der Waals surface area contributed by atoms with Crippen LogP contribution in [0.4, 0.5) is 11.5 Å². The van der Waals surface area contributed by atoms with Crippen molar-refractivity contribution in [1.82, 2.24) is 14.9 Å². The summed E-state index contributed by atoms with van der Waals surface area (Å²) in [5, 5.41) is 3.32. The van der Waals surface area contributed by atoms with Crippen LogP contribution in [0.15, 0.2) is 6.33 Å². The molecule has 19 heavy (non-hydrogen) atoms. The molecule has 1 aliphatic rings. The Morgan fingerprint density at radius 2 is 2.32 bits per heavy atom. The first kappa shape index (κ1) is 13.9. The van der Waals surface area contributed by atoms with Crippen LogP contribution in [0.5, 0.6) is 5.88 Å². The Bertz CT molecular complexity index is 412. The van der Waals surface area contributed by atoms with Gasteiger partial charge in [0.15, 0.2) is 5.82 Å². The van der Waals surface area contributed by atoms with E-state index in [0.717, 1.165) is 13.1 Å². The highest BCUT2D eigenvalue weighted by Crippen LogP contribution is 2.25. The van der Waals surface area contributed by atoms with Crippen molar-refractivity contribution in [3.8, 4) is 5.88 Å². The Hall–Kier alpha value is -1.56. The molecule has 1 atom stereocenters. The average molecular weight is 265 g/mol. The van der Waals surface area contributed by atoms with E-state index in [1.165, 1.54) is 25.7 Å². The fraction of sp³-hybridized carbons (Fsp3) is 0.692. The van der Waals surface area contributed by atoms with Crippen LogP contribution < -0.4 is 15.8 Å². The van der Waals surface area contributed by atoms with E-state index in [0.29, 0.717) is 30.0 Å². The molecule has 0 spiro atoms. The molecule has 2 heterocycles. The maximum atomic E-state index is 6.00. The van der Waals surface area contributed by atoms with Crippen LogP contribution in [0.25, 0.3) is 0 Å². The van der Waals surface area contributed by atoms with Gasteiger partial charge in [0.1, 0.15) is 12.0 Å². The molecule has 2 rings (SSSR count). The Kier molecular flexibility index (Phi) is 4.79. The summed E-state index contributed by atoms with van der Waals surface area (Å²) in [5.74, 6) is 1.13. The van der Waals surface area contributed by atoms with Gasteiger partial charge in [-0.15, -0.1) is 0 Å². The third-order valence-corrected chi connectivity index (χ3v) is 3.54. The van der Waals surface area contributed by atoms with Crippen LogP contribution in [0.1, 0.15) is 26.7 Å². The third kappa shape index (κ3) is 3.26. The molecule has 0 amide bonds. The molecule has 6 heteroatoms. The van der Waals surface area contributed by atoms with Gasteiger partial charge in [-0.3, -0.25) is 4.90 Å². The van der Waals surface area contributed by atoms with E-state index >= 15 is 0 Å². The number of hydrogen-bond donors (Lipinski definition) is 2. The van der Waals surface area contributed by atoms with Gasteiger partial charge in [-0.05, 0) is 32.9 Å². The Morgan fingerprint density at radius 1 is 1.47 bits per heavy atom. The van der Waals surface area contributed by atoms with E-state index in [9.17, 15) is 0 Å². The molecule has 1 saturated heterocycles. The van der Waals surface area contributed by atoms with Gasteiger partial charge in [0, 0.05) is 12.6 Å². The molecule has 0 radical (unpaired) electrons. The molecule has 1 aliphatic heterocycles. The first-order chi connectivity index (χ1) is 9.26. The van der Waals surface area contributed by atoms with Crippen LogP contribution in [-0.4, -0.2) is 47.2 Å². The summed E-state index contributed by atoms with van der Waals surface area (Å²) in [4.78, 5) is 10.7. The van der Waals surface area contributed by atoms with Crippen molar-refractivity contribution >= 4 is 11.5 Å². The van der Waals surface area contributed by atoms with Crippen molar-refractivity contribution in [2.24, 2.45) is 0 Å². The van der Waals surface area contributed by atoms with Crippen molar-refractivity contribution < 1.29 is 4.74 Å². The van der Waals surface area contributed by atoms with Crippen LogP contribution in [0.2, 0.25) is 0 Å². The number of nitrogens with one attached hydrogen (secondary N) is 1. The van der Waals surface area contributed by atoms with Crippen molar-refractivity contribution in [2.45, 2.75) is 32.7 Å². The summed E-state index contributed by atoms with van der Waals surface area (Å²) >= 11 is 0. The molecule has 1 unspecified atom stereocenters. The lowest BCUT2D eigenvalue weighted by Crippen LogP contribution is -2.34. The predicted molar refractivity (Wildman–Crippen MR) is 76.4 cm³/mol. The molecule has 106 valence electrons. The van der Waals surface area contributed by atoms with Gasteiger partial charge in [0.25, 0.3) is 0 Å². The Labute approximate surface area is 114 Å². The van der Waals surface area contributed by atoms with Crippen LogP contribution >= 0.6 is 0 Å². The van der Waals surface area contributed by atoms with Gasteiger partial charge < -0.3 is 15.8 Å². The molecule has 1 aromatic rings. The predicted octanol–water partition coefficient (Wildman–Crippen LogP) is 1.35. The van der Waals surface area contributed by atoms with Gasteiger partial charge in [-0.2, -0.15) is 4.98 Å². The first-order valence-electron chi connectivity index (χ1n) is 6.97. The zero-order valence-electron chi connectivity index (χ0n) is 11.7. The Balaban J connectivity index is 1.97. The van der Waals surface area contributed by atoms with E-state index in [1.54, 1.807) is 0 Å². The number of nitrogen functional groups attached to an aromatic ring is 1. The van der Waals surface area contributed by atoms with Crippen molar-refractivity contribution in [3.05, 3.63) is 6.33 Å². The van der Waals surface area contributed by atoms with E-state index in [4.69, 9.17) is 10.5 Å². The standard InChI is InChI=1S/C13H23N5O/c1-3-18-7-5-6-10(18)8-15-12-11(14)13(19-4-2)17-9-16-12/h9-10H,3-8,14H2,1-2H3,(H,15,16,17). The molecule has 0 aliphatic carbocycles. The fourth-order valence-corrected chi connectivity index (χ4v) is 2.53. The van der Waals surface area contributed by atoms with Crippen LogP contribution in [0.3, 0.4) is 0 Å². The lowest BCUT2D eigenvalue weighted by Gasteiger charge is -2.23. The van der Waals surface area contributed by atoms with E-state index in [1.807, 2.05) is 6.92 Å². The van der Waals surface area contributed by atoms with Gasteiger partial charge >= 0.3 is 0 Å². The maximum absolute atomic E-state index is 6.00. The highest BCUT2D eigenvalue weighted by atomic mass is 16.5. The fourth-order valence-electron chi connectivity index (χ4n) is 2.53. The number of aromatic nitrogens is 2. The lowest BCUT2D eigenvalue weighted by molar-refractivity contribution is 0.277. The highest BCUT2D eigenvalue weighted by Gasteiger charge is 2.23. The number of ether oxygens (including phenoxy) is 1. The number of likely N-dealkylation sites (N-methyl/N-ethyl adjacent to an activating group) is 1. The monoisotopic (exact) mass is 265 g/mol. The first-order valence-corrected chi connectivity index (χ1v) is 6.97. The minimum Gasteiger partial charge on any atom is -0.476 e. The molecule has 3 N–H and O–H groups in total. The SMILES string of the molecule is CCOc1ncnc(NCC2CCCN2CC)c1N. The largest absolute Gasteiger partial charge is 0.476 e. The molecular formula is C13H23N5O. The number of hydrogen-bond acceptors (Lipinski definition) is 6. The second kappa shape index (κ2) is 6.56. The highest BCUT2D eigenvalue weighted by molar-refractivity contribution is 5.66. The summed E-state index contributed by atoms with van der Waals surface area (Å²) in [6.45, 7) is 7.80. The Morgan fingerprint density at radius 3 is 3.05 bits per heavy atom. The molecule has 1 fully saturated rings. The van der Waals surface area contributed by atoms with Gasteiger partial charge in [0.05, 0.1) is 6.61 Å². The zero-order valence-corrected chi connectivity index (χ0v) is 11.7. The smallest absolute Gasteiger partial charge is 0.242 e. The van der Waals surface area contributed by atoms with Crippen LogP contribution in [0, 0.1) is 0 Å². The number of anilines is 2. The summed E-state index contributed by atoms with van der Waals surface area (Å²) in [7, 11) is 0. The summed E-state index contributed by atoms with van der Waals surface area (Å²) < 4.78 is 5.36. The number of likely N-dealkylation sites (tertiary alicyclic amines) is 1. The molecule has 0 bridgehead atoms.